The van der Waals surface area contributed by atoms with Gasteiger partial charge in [0.1, 0.15) is 11.6 Å². The summed E-state index contributed by atoms with van der Waals surface area (Å²) in [6, 6.07) is 24.7. The zero-order chi connectivity index (χ0) is 20.2. The van der Waals surface area contributed by atoms with Crippen LogP contribution in [0.5, 0.6) is 23.0 Å². The van der Waals surface area contributed by atoms with E-state index in [1.165, 1.54) is 0 Å². The van der Waals surface area contributed by atoms with E-state index in [1.807, 2.05) is 72.8 Å². The summed E-state index contributed by atoms with van der Waals surface area (Å²) < 4.78 is 16.8. The second-order valence-corrected chi connectivity index (χ2v) is 6.49. The highest BCUT2D eigenvalue weighted by Gasteiger charge is 2.14. The van der Waals surface area contributed by atoms with Gasteiger partial charge in [-0.1, -0.05) is 30.3 Å². The van der Waals surface area contributed by atoms with Crippen molar-refractivity contribution in [1.29, 1.82) is 0 Å². The van der Waals surface area contributed by atoms with E-state index in [9.17, 15) is 0 Å². The van der Waals surface area contributed by atoms with Gasteiger partial charge in [0.15, 0.2) is 17.2 Å². The van der Waals surface area contributed by atoms with E-state index in [1.54, 1.807) is 12.3 Å². The smallest absolute Gasteiger partial charge is 0.231 e. The van der Waals surface area contributed by atoms with Crippen molar-refractivity contribution in [1.82, 2.24) is 9.97 Å². The summed E-state index contributed by atoms with van der Waals surface area (Å²) in [6.07, 6.45) is 1.69. The van der Waals surface area contributed by atoms with Gasteiger partial charge >= 0.3 is 0 Å². The lowest BCUT2D eigenvalue weighted by Gasteiger charge is -2.13. The number of benzene rings is 3. The molecule has 0 atom stereocenters. The first kappa shape index (κ1) is 17.8. The van der Waals surface area contributed by atoms with Gasteiger partial charge in [0.2, 0.25) is 12.7 Å². The molecule has 148 valence electrons. The molecule has 0 aliphatic carbocycles. The number of fused-ring (bicyclic) bond motifs is 1. The van der Waals surface area contributed by atoms with E-state index in [-0.39, 0.29) is 6.79 Å². The summed E-state index contributed by atoms with van der Waals surface area (Å²) in [5, 5.41) is 6.49. The van der Waals surface area contributed by atoms with E-state index in [4.69, 9.17) is 14.2 Å². The molecule has 4 aromatic rings. The van der Waals surface area contributed by atoms with Crippen LogP contribution in [0.1, 0.15) is 0 Å². The van der Waals surface area contributed by atoms with E-state index in [0.29, 0.717) is 23.3 Å². The summed E-state index contributed by atoms with van der Waals surface area (Å²) >= 11 is 0. The second-order valence-electron chi connectivity index (χ2n) is 6.49. The highest BCUT2D eigenvalue weighted by molar-refractivity contribution is 5.66. The zero-order valence-corrected chi connectivity index (χ0v) is 15.9. The fraction of sp³-hybridized carbons (Fsp3) is 0.0435. The molecule has 0 amide bonds. The summed E-state index contributed by atoms with van der Waals surface area (Å²) in [5.74, 6) is 3.98. The Morgan fingerprint density at radius 3 is 2.57 bits per heavy atom. The number of nitrogens with one attached hydrogen (secondary N) is 2. The maximum atomic E-state index is 6.00. The summed E-state index contributed by atoms with van der Waals surface area (Å²) in [6.45, 7) is 0.235. The van der Waals surface area contributed by atoms with Crippen LogP contribution in [0.3, 0.4) is 0 Å². The van der Waals surface area contributed by atoms with Crippen LogP contribution in [0.25, 0.3) is 0 Å². The van der Waals surface area contributed by atoms with Gasteiger partial charge in [0.05, 0.1) is 5.69 Å². The minimum atomic E-state index is 0.235. The number of hydrogen-bond donors (Lipinski definition) is 2. The van der Waals surface area contributed by atoms with E-state index >= 15 is 0 Å². The molecular weight excluding hydrogens is 380 g/mol. The Morgan fingerprint density at radius 1 is 0.800 bits per heavy atom. The molecule has 1 aromatic heterocycles. The van der Waals surface area contributed by atoms with Crippen molar-refractivity contribution in [2.24, 2.45) is 0 Å². The van der Waals surface area contributed by atoms with Gasteiger partial charge in [-0.25, -0.2) is 4.98 Å². The predicted octanol–water partition coefficient (Wildman–Crippen LogP) is 5.48. The molecule has 0 saturated heterocycles. The highest BCUT2D eigenvalue weighted by Crippen LogP contribution is 2.35. The Morgan fingerprint density at radius 2 is 1.63 bits per heavy atom. The van der Waals surface area contributed by atoms with Gasteiger partial charge < -0.3 is 24.8 Å². The van der Waals surface area contributed by atoms with E-state index in [2.05, 4.69) is 20.6 Å². The third kappa shape index (κ3) is 3.95. The van der Waals surface area contributed by atoms with Gasteiger partial charge in [-0.2, -0.15) is 4.98 Å². The topological polar surface area (TPSA) is 77.5 Å². The van der Waals surface area contributed by atoms with Gasteiger partial charge in [-0.3, -0.25) is 0 Å². The molecule has 30 heavy (non-hydrogen) atoms. The third-order valence-electron chi connectivity index (χ3n) is 4.41. The number of para-hydroxylation sites is 3. The average Bonchev–Trinajstić information content (AvgIpc) is 3.24. The summed E-state index contributed by atoms with van der Waals surface area (Å²) in [7, 11) is 0. The van der Waals surface area contributed by atoms with Crippen LogP contribution in [0.4, 0.5) is 23.1 Å². The van der Waals surface area contributed by atoms with Crippen molar-refractivity contribution in [3.8, 4) is 23.0 Å². The second kappa shape index (κ2) is 8.00. The quantitative estimate of drug-likeness (QED) is 0.445. The molecule has 0 bridgehead atoms. The molecule has 1 aliphatic heterocycles. The average molecular weight is 398 g/mol. The molecule has 0 fully saturated rings. The molecule has 2 heterocycles. The fourth-order valence-electron chi connectivity index (χ4n) is 3.00. The molecule has 3 aromatic carbocycles. The number of nitrogens with zero attached hydrogens (tertiary/aromatic N) is 2. The molecule has 5 rings (SSSR count). The lowest BCUT2D eigenvalue weighted by Crippen LogP contribution is -2.01. The minimum Gasteiger partial charge on any atom is -0.455 e. The van der Waals surface area contributed by atoms with Crippen molar-refractivity contribution in [2.45, 2.75) is 0 Å². The van der Waals surface area contributed by atoms with Gasteiger partial charge in [-0.05, 0) is 42.5 Å². The normalized spacial score (nSPS) is 11.7. The molecule has 7 nitrogen and oxygen atoms in total. The van der Waals surface area contributed by atoms with Crippen LogP contribution < -0.4 is 24.8 Å². The van der Waals surface area contributed by atoms with Gasteiger partial charge in [0, 0.05) is 18.0 Å². The SMILES string of the molecule is c1ccc(Oc2ccccc2Nc2ccnc(Nc3ccc4c(c3)OCO4)n2)cc1. The first-order valence-corrected chi connectivity index (χ1v) is 9.42. The van der Waals surface area contributed by atoms with Crippen molar-refractivity contribution in [3.63, 3.8) is 0 Å². The highest BCUT2D eigenvalue weighted by atomic mass is 16.7. The van der Waals surface area contributed by atoms with Gasteiger partial charge in [0.25, 0.3) is 0 Å². The Hall–Kier alpha value is -4.26. The van der Waals surface area contributed by atoms with Crippen LogP contribution in [-0.2, 0) is 0 Å². The van der Waals surface area contributed by atoms with Crippen molar-refractivity contribution >= 4 is 23.1 Å². The van der Waals surface area contributed by atoms with Crippen molar-refractivity contribution < 1.29 is 14.2 Å². The Labute approximate surface area is 173 Å². The summed E-state index contributed by atoms with van der Waals surface area (Å²) in [5.41, 5.74) is 1.61. The number of rotatable bonds is 6. The number of ether oxygens (including phenoxy) is 3. The monoisotopic (exact) mass is 398 g/mol. The van der Waals surface area contributed by atoms with Crippen LogP contribution >= 0.6 is 0 Å². The summed E-state index contributed by atoms with van der Waals surface area (Å²) in [4.78, 5) is 8.84. The number of hydrogen-bond acceptors (Lipinski definition) is 7. The molecule has 0 unspecified atom stereocenters. The zero-order valence-electron chi connectivity index (χ0n) is 15.9. The van der Waals surface area contributed by atoms with E-state index < -0.39 is 0 Å². The minimum absolute atomic E-state index is 0.235. The predicted molar refractivity (Wildman–Crippen MR) is 114 cm³/mol. The first-order valence-electron chi connectivity index (χ1n) is 9.42. The number of aromatic nitrogens is 2. The lowest BCUT2D eigenvalue weighted by molar-refractivity contribution is 0.174. The Bertz CT molecular complexity index is 1170. The molecule has 0 radical (unpaired) electrons. The van der Waals surface area contributed by atoms with E-state index in [0.717, 1.165) is 22.9 Å². The Kier molecular flexibility index (Phi) is 4.75. The van der Waals surface area contributed by atoms with Crippen LogP contribution in [0, 0.1) is 0 Å². The van der Waals surface area contributed by atoms with Crippen molar-refractivity contribution in [3.05, 3.63) is 85.1 Å². The van der Waals surface area contributed by atoms with Gasteiger partial charge in [-0.15, -0.1) is 0 Å². The molecule has 1 aliphatic rings. The Balaban J connectivity index is 1.34. The molecule has 7 heteroatoms. The maximum Gasteiger partial charge on any atom is 0.231 e. The fourth-order valence-corrected chi connectivity index (χ4v) is 3.00. The molecule has 0 saturated carbocycles. The number of anilines is 4. The molecule has 0 spiro atoms. The van der Waals surface area contributed by atoms with Crippen LogP contribution in [0.15, 0.2) is 85.1 Å². The third-order valence-corrected chi connectivity index (χ3v) is 4.41. The maximum absolute atomic E-state index is 6.00. The standard InChI is InChI=1S/C23H18N4O3/c1-2-6-17(7-3-1)30-19-9-5-4-8-18(19)26-22-12-13-24-23(27-22)25-16-10-11-20-21(14-16)29-15-28-20/h1-14H,15H2,(H2,24,25,26,27). The van der Waals surface area contributed by atoms with Crippen LogP contribution in [-0.4, -0.2) is 16.8 Å². The molecular formula is C23H18N4O3. The lowest BCUT2D eigenvalue weighted by atomic mass is 10.3. The largest absolute Gasteiger partial charge is 0.455 e. The first-order chi connectivity index (χ1) is 14.8. The van der Waals surface area contributed by atoms with Crippen molar-refractivity contribution in [2.75, 3.05) is 17.4 Å². The molecule has 2 N–H and O–H groups in total. The van der Waals surface area contributed by atoms with Crippen LogP contribution in [0.2, 0.25) is 0 Å².